The Bertz CT molecular complexity index is 650. The topological polar surface area (TPSA) is 54.0 Å². The van der Waals surface area contributed by atoms with Gasteiger partial charge in [-0.15, -0.1) is 11.3 Å². The van der Waals surface area contributed by atoms with Crippen LogP contribution in [0.4, 0.5) is 5.13 Å². The van der Waals surface area contributed by atoms with E-state index in [-0.39, 0.29) is 5.91 Å². The van der Waals surface area contributed by atoms with Crippen LogP contribution in [0.3, 0.4) is 0 Å². The van der Waals surface area contributed by atoms with Crippen molar-refractivity contribution in [2.75, 3.05) is 18.4 Å². The summed E-state index contributed by atoms with van der Waals surface area (Å²) in [4.78, 5) is 17.5. The third-order valence-corrected chi connectivity index (χ3v) is 5.47. The summed E-state index contributed by atoms with van der Waals surface area (Å²) in [5, 5.41) is 6.95. The molecule has 0 bridgehead atoms. The number of aromatic nitrogens is 1. The summed E-state index contributed by atoms with van der Waals surface area (Å²) in [6.45, 7) is 2.13. The van der Waals surface area contributed by atoms with Crippen molar-refractivity contribution < 1.29 is 4.79 Å². The zero-order valence-corrected chi connectivity index (χ0v) is 15.3. The lowest BCUT2D eigenvalue weighted by Crippen LogP contribution is -2.14. The van der Waals surface area contributed by atoms with Crippen LogP contribution in [-0.4, -0.2) is 24.0 Å². The fraction of sp³-hybridized carbons (Fsp3) is 0.412. The summed E-state index contributed by atoms with van der Waals surface area (Å²) >= 11 is 4.99. The number of anilines is 1. The summed E-state index contributed by atoms with van der Waals surface area (Å²) in [6, 6.07) is 8.27. The molecule has 4 nitrogen and oxygen atoms in total. The van der Waals surface area contributed by atoms with Crippen LogP contribution in [0.15, 0.2) is 34.9 Å². The van der Waals surface area contributed by atoms with Gasteiger partial charge in [0.05, 0.1) is 0 Å². The predicted octanol–water partition coefficient (Wildman–Crippen LogP) is 3.82. The van der Waals surface area contributed by atoms with Crippen LogP contribution in [0.2, 0.25) is 0 Å². The summed E-state index contributed by atoms with van der Waals surface area (Å²) in [6.07, 6.45) is 5.41. The third kappa shape index (κ3) is 5.12. The van der Waals surface area contributed by atoms with E-state index in [2.05, 4.69) is 43.7 Å². The molecule has 3 rings (SSSR count). The van der Waals surface area contributed by atoms with Gasteiger partial charge in [0.25, 0.3) is 0 Å². The average Bonchev–Trinajstić information content (AvgIpc) is 3.20. The molecule has 23 heavy (non-hydrogen) atoms. The van der Waals surface area contributed by atoms with E-state index in [1.54, 1.807) is 11.3 Å². The molecule has 1 fully saturated rings. The highest BCUT2D eigenvalue weighted by Crippen LogP contribution is 2.23. The fourth-order valence-corrected chi connectivity index (χ4v) is 3.86. The number of carbonyl (C=O) groups is 1. The van der Waals surface area contributed by atoms with Gasteiger partial charge in [0.15, 0.2) is 5.13 Å². The first-order chi connectivity index (χ1) is 11.2. The zero-order valence-electron chi connectivity index (χ0n) is 12.8. The minimum Gasteiger partial charge on any atom is -0.316 e. The Balaban J connectivity index is 1.48. The number of nitrogens with zero attached hydrogens (tertiary/aromatic N) is 1. The highest BCUT2D eigenvalue weighted by atomic mass is 79.9. The first-order valence-corrected chi connectivity index (χ1v) is 9.50. The monoisotopic (exact) mass is 393 g/mol. The molecule has 1 aromatic carbocycles. The van der Waals surface area contributed by atoms with Crippen molar-refractivity contribution in [3.05, 3.63) is 45.4 Å². The second-order valence-electron chi connectivity index (χ2n) is 5.88. The van der Waals surface area contributed by atoms with E-state index in [1.807, 2.05) is 18.3 Å². The predicted molar refractivity (Wildman–Crippen MR) is 97.9 cm³/mol. The largest absolute Gasteiger partial charge is 0.316 e. The van der Waals surface area contributed by atoms with Crippen molar-refractivity contribution in [3.8, 4) is 0 Å². The number of thiazole rings is 1. The Kier molecular flexibility index (Phi) is 5.80. The number of rotatable bonds is 6. The first-order valence-electron chi connectivity index (χ1n) is 7.89. The normalized spacial score (nSPS) is 17.3. The highest BCUT2D eigenvalue weighted by molar-refractivity contribution is 9.10. The second kappa shape index (κ2) is 8.04. The third-order valence-electron chi connectivity index (χ3n) is 4.03. The first kappa shape index (κ1) is 16.6. The molecule has 1 saturated heterocycles. The van der Waals surface area contributed by atoms with Crippen molar-refractivity contribution in [1.29, 1.82) is 0 Å². The van der Waals surface area contributed by atoms with Crippen LogP contribution in [-0.2, 0) is 11.2 Å². The van der Waals surface area contributed by atoms with Gasteiger partial charge in [0, 0.05) is 28.4 Å². The molecule has 2 heterocycles. The molecule has 0 saturated carbocycles. The van der Waals surface area contributed by atoms with Crippen molar-refractivity contribution in [2.24, 2.45) is 5.92 Å². The Morgan fingerprint density at radius 1 is 1.39 bits per heavy atom. The van der Waals surface area contributed by atoms with Crippen LogP contribution in [0.1, 0.15) is 29.7 Å². The number of benzene rings is 1. The molecule has 0 radical (unpaired) electrons. The fourth-order valence-electron chi connectivity index (χ4n) is 2.73. The van der Waals surface area contributed by atoms with E-state index in [9.17, 15) is 4.79 Å². The minimum absolute atomic E-state index is 0.0708. The molecule has 0 spiro atoms. The van der Waals surface area contributed by atoms with Crippen molar-refractivity contribution in [2.45, 2.75) is 25.7 Å². The average molecular weight is 394 g/mol. The number of hydrogen-bond acceptors (Lipinski definition) is 4. The Morgan fingerprint density at radius 2 is 2.22 bits per heavy atom. The van der Waals surface area contributed by atoms with Gasteiger partial charge < -0.3 is 10.6 Å². The Hall–Kier alpha value is -1.24. The zero-order chi connectivity index (χ0) is 16.1. The van der Waals surface area contributed by atoms with Crippen molar-refractivity contribution >= 4 is 38.3 Å². The maximum Gasteiger partial charge on any atom is 0.226 e. The smallest absolute Gasteiger partial charge is 0.226 e. The molecule has 0 aliphatic carbocycles. The molecule has 2 N–H and O–H groups in total. The van der Waals surface area contributed by atoms with E-state index in [4.69, 9.17) is 0 Å². The van der Waals surface area contributed by atoms with Gasteiger partial charge in [0.2, 0.25) is 5.91 Å². The molecular formula is C17H20BrN3OS. The van der Waals surface area contributed by atoms with Crippen molar-refractivity contribution in [3.63, 3.8) is 0 Å². The maximum atomic E-state index is 12.0. The van der Waals surface area contributed by atoms with Gasteiger partial charge in [-0.05, 0) is 49.5 Å². The van der Waals surface area contributed by atoms with Gasteiger partial charge in [0.1, 0.15) is 0 Å². The van der Waals surface area contributed by atoms with E-state index in [0.717, 1.165) is 35.3 Å². The van der Waals surface area contributed by atoms with Crippen LogP contribution < -0.4 is 10.6 Å². The van der Waals surface area contributed by atoms with Crippen LogP contribution in [0, 0.1) is 5.92 Å². The van der Waals surface area contributed by atoms with Gasteiger partial charge in [-0.3, -0.25) is 4.79 Å². The minimum atomic E-state index is 0.0708. The number of carbonyl (C=O) groups excluding carboxylic acids is 1. The van der Waals surface area contributed by atoms with E-state index in [0.29, 0.717) is 17.5 Å². The number of nitrogens with one attached hydrogen (secondary N) is 2. The lowest BCUT2D eigenvalue weighted by atomic mass is 10.0. The van der Waals surface area contributed by atoms with Gasteiger partial charge in [-0.2, -0.15) is 0 Å². The van der Waals surface area contributed by atoms with Gasteiger partial charge in [-0.25, -0.2) is 4.98 Å². The van der Waals surface area contributed by atoms with E-state index in [1.165, 1.54) is 12.0 Å². The van der Waals surface area contributed by atoms with Gasteiger partial charge in [-0.1, -0.05) is 28.1 Å². The maximum absolute atomic E-state index is 12.0. The quantitative estimate of drug-likeness (QED) is 0.783. The number of amides is 1. The molecule has 122 valence electrons. The van der Waals surface area contributed by atoms with Crippen LogP contribution >= 0.6 is 27.3 Å². The standard InChI is InChI=1S/C17H20BrN3OS/c18-14-4-1-12(2-5-14)9-15-11-20-17(23-15)21-16(22)6-3-13-7-8-19-10-13/h1-2,4-5,11,13,19H,3,6-10H2,(H,20,21,22). The summed E-state index contributed by atoms with van der Waals surface area (Å²) in [7, 11) is 0. The summed E-state index contributed by atoms with van der Waals surface area (Å²) < 4.78 is 1.08. The number of hydrogen-bond donors (Lipinski definition) is 2. The Labute approximate surface area is 148 Å². The van der Waals surface area contributed by atoms with E-state index < -0.39 is 0 Å². The Morgan fingerprint density at radius 3 is 2.96 bits per heavy atom. The lowest BCUT2D eigenvalue weighted by Gasteiger charge is -2.06. The number of halogens is 1. The molecule has 1 unspecified atom stereocenters. The molecule has 1 atom stereocenters. The molecule has 2 aromatic rings. The SMILES string of the molecule is O=C(CCC1CCNC1)Nc1ncc(Cc2ccc(Br)cc2)s1. The highest BCUT2D eigenvalue weighted by Gasteiger charge is 2.16. The lowest BCUT2D eigenvalue weighted by molar-refractivity contribution is -0.116. The molecule has 6 heteroatoms. The molecule has 1 aromatic heterocycles. The molecule has 1 aliphatic heterocycles. The molecule has 1 aliphatic rings. The molecular weight excluding hydrogens is 374 g/mol. The molecule has 1 amide bonds. The van der Waals surface area contributed by atoms with Crippen LogP contribution in [0.25, 0.3) is 0 Å². The van der Waals surface area contributed by atoms with Gasteiger partial charge >= 0.3 is 0 Å². The van der Waals surface area contributed by atoms with Crippen molar-refractivity contribution in [1.82, 2.24) is 10.3 Å². The van der Waals surface area contributed by atoms with E-state index >= 15 is 0 Å². The summed E-state index contributed by atoms with van der Waals surface area (Å²) in [5.74, 6) is 0.714. The van der Waals surface area contributed by atoms with Crippen LogP contribution in [0.5, 0.6) is 0 Å². The summed E-state index contributed by atoms with van der Waals surface area (Å²) in [5.41, 5.74) is 1.24. The second-order valence-corrected chi connectivity index (χ2v) is 7.91.